The Balaban J connectivity index is 1.53. The average molecular weight is 437 g/mol. The standard InChI is InChI=1S/C25H32N4O3/c1-17(2)24(30)27-19-10-11-21(20(16-19)25(31)26-18-8-9-18)28-12-14-29(15-13-28)22-6-4-5-7-23(22)32-3/h4-7,10-11,16-18H,8-9,12-15H2,1-3H3,(H,26,31)(H,27,30). The van der Waals surface area contributed by atoms with Gasteiger partial charge in [-0.05, 0) is 43.2 Å². The van der Waals surface area contributed by atoms with E-state index in [1.54, 1.807) is 13.2 Å². The Labute approximate surface area is 189 Å². The van der Waals surface area contributed by atoms with Gasteiger partial charge in [0.15, 0.2) is 0 Å². The van der Waals surface area contributed by atoms with Gasteiger partial charge in [0.05, 0.1) is 18.4 Å². The molecule has 1 aliphatic carbocycles. The smallest absolute Gasteiger partial charge is 0.253 e. The zero-order chi connectivity index (χ0) is 22.7. The van der Waals surface area contributed by atoms with Crippen molar-refractivity contribution in [2.24, 2.45) is 5.92 Å². The van der Waals surface area contributed by atoms with Crippen LogP contribution < -0.4 is 25.2 Å². The summed E-state index contributed by atoms with van der Waals surface area (Å²) in [5, 5.41) is 6.01. The number of nitrogens with one attached hydrogen (secondary N) is 2. The molecule has 0 spiro atoms. The van der Waals surface area contributed by atoms with Crippen LogP contribution in [0.5, 0.6) is 5.75 Å². The van der Waals surface area contributed by atoms with Crippen LogP contribution in [-0.2, 0) is 4.79 Å². The van der Waals surface area contributed by atoms with E-state index >= 15 is 0 Å². The lowest BCUT2D eigenvalue weighted by atomic mass is 10.1. The van der Waals surface area contributed by atoms with Gasteiger partial charge in [-0.1, -0.05) is 26.0 Å². The minimum absolute atomic E-state index is 0.0586. The summed E-state index contributed by atoms with van der Waals surface area (Å²) < 4.78 is 5.52. The molecule has 1 aliphatic heterocycles. The first kappa shape index (κ1) is 22.0. The third-order valence-electron chi connectivity index (χ3n) is 5.99. The van der Waals surface area contributed by atoms with E-state index in [0.29, 0.717) is 11.3 Å². The van der Waals surface area contributed by atoms with Gasteiger partial charge in [-0.2, -0.15) is 0 Å². The number of carbonyl (C=O) groups excluding carboxylic acids is 2. The van der Waals surface area contributed by atoms with Crippen LogP contribution in [0.4, 0.5) is 17.1 Å². The van der Waals surface area contributed by atoms with Crippen LogP contribution >= 0.6 is 0 Å². The van der Waals surface area contributed by atoms with Gasteiger partial charge >= 0.3 is 0 Å². The van der Waals surface area contributed by atoms with Gasteiger partial charge in [-0.3, -0.25) is 9.59 Å². The summed E-state index contributed by atoms with van der Waals surface area (Å²) in [6.45, 7) is 6.95. The molecule has 7 nitrogen and oxygen atoms in total. The molecule has 1 saturated carbocycles. The maximum absolute atomic E-state index is 13.0. The predicted octanol–water partition coefficient (Wildman–Crippen LogP) is 3.51. The van der Waals surface area contributed by atoms with Crippen LogP contribution in [0.2, 0.25) is 0 Å². The van der Waals surface area contributed by atoms with E-state index in [1.165, 1.54) is 0 Å². The Morgan fingerprint density at radius 2 is 1.62 bits per heavy atom. The first-order valence-corrected chi connectivity index (χ1v) is 11.3. The van der Waals surface area contributed by atoms with Crippen LogP contribution in [-0.4, -0.2) is 51.1 Å². The third kappa shape index (κ3) is 4.98. The molecule has 2 aromatic carbocycles. The van der Waals surface area contributed by atoms with E-state index < -0.39 is 0 Å². The zero-order valence-corrected chi connectivity index (χ0v) is 19.1. The fourth-order valence-electron chi connectivity index (χ4n) is 3.93. The molecule has 4 rings (SSSR count). The lowest BCUT2D eigenvalue weighted by molar-refractivity contribution is -0.118. The predicted molar refractivity (Wildman–Crippen MR) is 128 cm³/mol. The van der Waals surface area contributed by atoms with Crippen molar-refractivity contribution in [3.63, 3.8) is 0 Å². The number of amides is 2. The van der Waals surface area contributed by atoms with Crippen LogP contribution in [0, 0.1) is 5.92 Å². The van der Waals surface area contributed by atoms with Crippen molar-refractivity contribution in [1.82, 2.24) is 5.32 Å². The molecule has 2 amide bonds. The number of nitrogens with zero attached hydrogens (tertiary/aromatic N) is 2. The van der Waals surface area contributed by atoms with Gasteiger partial charge in [-0.25, -0.2) is 0 Å². The monoisotopic (exact) mass is 436 g/mol. The van der Waals surface area contributed by atoms with Crippen LogP contribution in [0.3, 0.4) is 0 Å². The van der Waals surface area contributed by atoms with Crippen LogP contribution in [0.25, 0.3) is 0 Å². The number of hydrogen-bond donors (Lipinski definition) is 2. The maximum atomic E-state index is 13.0. The van der Waals surface area contributed by atoms with Crippen molar-refractivity contribution >= 4 is 28.9 Å². The zero-order valence-electron chi connectivity index (χ0n) is 19.1. The molecule has 32 heavy (non-hydrogen) atoms. The van der Waals surface area contributed by atoms with Gasteiger partial charge in [0.2, 0.25) is 5.91 Å². The molecular formula is C25H32N4O3. The second-order valence-corrected chi connectivity index (χ2v) is 8.77. The summed E-state index contributed by atoms with van der Waals surface area (Å²) in [6, 6.07) is 14.0. The second kappa shape index (κ2) is 9.51. The topological polar surface area (TPSA) is 73.9 Å². The normalized spacial score (nSPS) is 16.1. The van der Waals surface area contributed by atoms with Crippen molar-refractivity contribution in [3.8, 4) is 5.75 Å². The summed E-state index contributed by atoms with van der Waals surface area (Å²) >= 11 is 0. The van der Waals surface area contributed by atoms with Crippen molar-refractivity contribution < 1.29 is 14.3 Å². The largest absolute Gasteiger partial charge is 0.495 e. The lowest BCUT2D eigenvalue weighted by Gasteiger charge is -2.38. The number of hydrogen-bond acceptors (Lipinski definition) is 5. The second-order valence-electron chi connectivity index (χ2n) is 8.77. The van der Waals surface area contributed by atoms with Gasteiger partial charge in [0.25, 0.3) is 5.91 Å². The van der Waals surface area contributed by atoms with Crippen LogP contribution in [0.1, 0.15) is 37.0 Å². The average Bonchev–Trinajstić information content (AvgIpc) is 3.63. The number of rotatable bonds is 7. The van der Waals surface area contributed by atoms with Crippen LogP contribution in [0.15, 0.2) is 42.5 Å². The molecule has 7 heteroatoms. The highest BCUT2D eigenvalue weighted by molar-refractivity contribution is 6.02. The van der Waals surface area contributed by atoms with Crippen molar-refractivity contribution in [1.29, 1.82) is 0 Å². The quantitative estimate of drug-likeness (QED) is 0.695. The van der Waals surface area contributed by atoms with E-state index in [9.17, 15) is 9.59 Å². The molecule has 0 atom stereocenters. The molecule has 0 radical (unpaired) electrons. The molecule has 2 aliphatic rings. The highest BCUT2D eigenvalue weighted by atomic mass is 16.5. The highest BCUT2D eigenvalue weighted by Gasteiger charge is 2.28. The number of methoxy groups -OCH3 is 1. The summed E-state index contributed by atoms with van der Waals surface area (Å²) in [5.74, 6) is 0.615. The fourth-order valence-corrected chi connectivity index (χ4v) is 3.93. The molecule has 0 aromatic heterocycles. The molecular weight excluding hydrogens is 404 g/mol. The van der Waals surface area contributed by atoms with E-state index in [-0.39, 0.29) is 23.8 Å². The number of benzene rings is 2. The van der Waals surface area contributed by atoms with E-state index in [1.807, 2.05) is 44.2 Å². The molecule has 2 fully saturated rings. The lowest BCUT2D eigenvalue weighted by Crippen LogP contribution is -2.47. The Hall–Kier alpha value is -3.22. The highest BCUT2D eigenvalue weighted by Crippen LogP contribution is 2.31. The number of piperazine rings is 1. The molecule has 0 unspecified atom stereocenters. The number of ether oxygens (including phenoxy) is 1. The van der Waals surface area contributed by atoms with E-state index in [4.69, 9.17) is 4.74 Å². The van der Waals surface area contributed by atoms with Gasteiger partial charge in [0, 0.05) is 49.5 Å². The first-order valence-electron chi connectivity index (χ1n) is 11.3. The number of carbonyl (C=O) groups is 2. The summed E-state index contributed by atoms with van der Waals surface area (Å²) in [6.07, 6.45) is 2.06. The van der Waals surface area contributed by atoms with Gasteiger partial charge in [-0.15, -0.1) is 0 Å². The van der Waals surface area contributed by atoms with Gasteiger partial charge in [0.1, 0.15) is 5.75 Å². The van der Waals surface area contributed by atoms with Crippen molar-refractivity contribution in [2.45, 2.75) is 32.7 Å². The number of anilines is 3. The molecule has 170 valence electrons. The Morgan fingerprint density at radius 1 is 0.969 bits per heavy atom. The number of para-hydroxylation sites is 2. The third-order valence-corrected chi connectivity index (χ3v) is 5.99. The summed E-state index contributed by atoms with van der Waals surface area (Å²) in [7, 11) is 1.69. The molecule has 1 saturated heterocycles. The first-order chi connectivity index (χ1) is 15.5. The summed E-state index contributed by atoms with van der Waals surface area (Å²) in [5.41, 5.74) is 3.27. The molecule has 0 bridgehead atoms. The minimum Gasteiger partial charge on any atom is -0.495 e. The fraction of sp³-hybridized carbons (Fsp3) is 0.440. The van der Waals surface area contributed by atoms with E-state index in [0.717, 1.165) is 56.1 Å². The molecule has 1 heterocycles. The SMILES string of the molecule is COc1ccccc1N1CCN(c2ccc(NC(=O)C(C)C)cc2C(=O)NC2CC2)CC1. The molecule has 2 aromatic rings. The maximum Gasteiger partial charge on any atom is 0.253 e. The molecule has 2 N–H and O–H groups in total. The Kier molecular flexibility index (Phi) is 6.53. The summed E-state index contributed by atoms with van der Waals surface area (Å²) in [4.78, 5) is 29.7. The van der Waals surface area contributed by atoms with Gasteiger partial charge < -0.3 is 25.2 Å². The minimum atomic E-state index is -0.124. The van der Waals surface area contributed by atoms with E-state index in [2.05, 4.69) is 26.5 Å². The Morgan fingerprint density at radius 3 is 2.25 bits per heavy atom. The Bertz CT molecular complexity index is 979. The van der Waals surface area contributed by atoms with Crippen molar-refractivity contribution in [3.05, 3.63) is 48.0 Å². The van der Waals surface area contributed by atoms with Crippen molar-refractivity contribution in [2.75, 3.05) is 48.4 Å².